The second kappa shape index (κ2) is 9.49. The molecule has 6 aromatic rings. The predicted molar refractivity (Wildman–Crippen MR) is 182 cm³/mol. The van der Waals surface area contributed by atoms with E-state index >= 15 is 0 Å². The van der Waals surface area contributed by atoms with Gasteiger partial charge in [0.15, 0.2) is 0 Å². The first-order chi connectivity index (χ1) is 19.9. The monoisotopic (exact) mass is 587 g/mol. The van der Waals surface area contributed by atoms with Gasteiger partial charge in [-0.3, -0.25) is 0 Å². The van der Waals surface area contributed by atoms with Gasteiger partial charge in [-0.25, -0.2) is 0 Å². The fourth-order valence-electron chi connectivity index (χ4n) is 6.65. The molecule has 3 heteroatoms. The molecule has 0 fully saturated rings. The second-order valence-corrected chi connectivity index (χ2v) is 14.6. The summed E-state index contributed by atoms with van der Waals surface area (Å²) in [7, 11) is 0. The van der Waals surface area contributed by atoms with Crippen molar-refractivity contribution in [2.45, 2.75) is 58.8 Å². The molecule has 0 saturated heterocycles. The van der Waals surface area contributed by atoms with Gasteiger partial charge in [0.2, 0.25) is 0 Å². The molecule has 0 radical (unpaired) electrons. The average molecular weight is 589 g/mol. The molecule has 0 unspecified atom stereocenters. The molecule has 5 aromatic carbocycles. The number of benzene rings is 5. The van der Waals surface area contributed by atoms with Crippen LogP contribution in [0.1, 0.15) is 63.8 Å². The quantitative estimate of drug-likeness (QED) is 0.207. The molecule has 1 heterocycles. The van der Waals surface area contributed by atoms with Crippen LogP contribution in [0.25, 0.3) is 55.2 Å². The number of H-pyrrole nitrogens is 1. The van der Waals surface area contributed by atoms with Gasteiger partial charge in [0.05, 0.1) is 5.52 Å². The lowest BCUT2D eigenvalue weighted by atomic mass is 9.82. The average Bonchev–Trinajstić information content (AvgIpc) is 3.50. The summed E-state index contributed by atoms with van der Waals surface area (Å²) in [5.74, 6) is 0. The van der Waals surface area contributed by atoms with Crippen molar-refractivity contribution in [3.63, 3.8) is 0 Å². The van der Waals surface area contributed by atoms with E-state index < -0.39 is 0 Å². The predicted octanol–water partition coefficient (Wildman–Crippen LogP) is 12.1. The first kappa shape index (κ1) is 27.3. The Labute approximate surface area is 258 Å². The highest BCUT2D eigenvalue weighted by atomic mass is 35.5. The Morgan fingerprint density at radius 3 is 1.79 bits per heavy atom. The standard InChI is InChI=1S/C39H35Cl2N/c1-38(2,3)23-16-15-22-19-29-33(25-11-7-9-13-30(25)40)36-28-21-24(39(4,5)6)17-18-32(28)42-37(36)35(34(29)27(22)20-23)26-12-8-10-14-31(26)41/h7-18,20-21,42H,19H2,1-6H3. The summed E-state index contributed by atoms with van der Waals surface area (Å²) in [6.45, 7) is 13.7. The molecule has 1 aliphatic rings. The summed E-state index contributed by atoms with van der Waals surface area (Å²) < 4.78 is 0. The molecule has 0 atom stereocenters. The first-order valence-corrected chi connectivity index (χ1v) is 15.5. The van der Waals surface area contributed by atoms with E-state index in [0.717, 1.165) is 38.6 Å². The molecule has 0 spiro atoms. The molecule has 0 bridgehead atoms. The van der Waals surface area contributed by atoms with Crippen LogP contribution in [0.3, 0.4) is 0 Å². The Morgan fingerprint density at radius 2 is 1.17 bits per heavy atom. The molecule has 1 aliphatic carbocycles. The third kappa shape index (κ3) is 4.21. The molecule has 0 aliphatic heterocycles. The third-order valence-corrected chi connectivity index (χ3v) is 9.58. The van der Waals surface area contributed by atoms with Gasteiger partial charge in [-0.05, 0) is 80.5 Å². The molecule has 1 nitrogen and oxygen atoms in total. The van der Waals surface area contributed by atoms with E-state index in [1.807, 2.05) is 24.3 Å². The number of rotatable bonds is 2. The van der Waals surface area contributed by atoms with E-state index in [4.69, 9.17) is 23.2 Å². The highest BCUT2D eigenvalue weighted by Gasteiger charge is 2.32. The molecule has 0 amide bonds. The van der Waals surface area contributed by atoms with Crippen LogP contribution < -0.4 is 0 Å². The van der Waals surface area contributed by atoms with E-state index in [1.165, 1.54) is 55.3 Å². The van der Waals surface area contributed by atoms with Gasteiger partial charge in [0, 0.05) is 43.0 Å². The van der Waals surface area contributed by atoms with E-state index in [0.29, 0.717) is 0 Å². The Balaban J connectivity index is 1.73. The molecule has 1 aromatic heterocycles. The summed E-state index contributed by atoms with van der Waals surface area (Å²) in [4.78, 5) is 3.88. The first-order valence-electron chi connectivity index (χ1n) is 14.7. The summed E-state index contributed by atoms with van der Waals surface area (Å²) >= 11 is 14.1. The maximum Gasteiger partial charge on any atom is 0.0557 e. The van der Waals surface area contributed by atoms with Crippen LogP contribution in [-0.4, -0.2) is 4.98 Å². The number of aromatic amines is 1. The minimum atomic E-state index is 0.0181. The van der Waals surface area contributed by atoms with E-state index in [2.05, 4.69) is 107 Å². The fraction of sp³-hybridized carbons (Fsp3) is 0.231. The van der Waals surface area contributed by atoms with Gasteiger partial charge in [-0.2, -0.15) is 0 Å². The second-order valence-electron chi connectivity index (χ2n) is 13.7. The van der Waals surface area contributed by atoms with Gasteiger partial charge in [-0.1, -0.05) is 125 Å². The summed E-state index contributed by atoms with van der Waals surface area (Å²) in [6, 6.07) is 30.4. The largest absolute Gasteiger partial charge is 0.354 e. The molecule has 0 saturated carbocycles. The smallest absolute Gasteiger partial charge is 0.0557 e. The van der Waals surface area contributed by atoms with Crippen molar-refractivity contribution in [2.75, 3.05) is 0 Å². The SMILES string of the molecule is CC(C)(C)c1ccc2c(c1)-c1c(c(-c3ccccc3Cl)c3c([nH]c4ccc(C(C)(C)C)cc43)c1-c1ccccc1Cl)C2. The fourth-order valence-corrected chi connectivity index (χ4v) is 7.11. The van der Waals surface area contributed by atoms with Gasteiger partial charge in [0.1, 0.15) is 0 Å². The van der Waals surface area contributed by atoms with Gasteiger partial charge in [-0.15, -0.1) is 0 Å². The van der Waals surface area contributed by atoms with Crippen LogP contribution in [0.4, 0.5) is 0 Å². The Kier molecular flexibility index (Phi) is 6.18. The van der Waals surface area contributed by atoms with E-state index in [9.17, 15) is 0 Å². The van der Waals surface area contributed by atoms with Crippen LogP contribution in [-0.2, 0) is 17.3 Å². The number of hydrogen-bond donors (Lipinski definition) is 1. The lowest BCUT2D eigenvalue weighted by molar-refractivity contribution is 0.590. The molecular formula is C39H35Cl2N. The van der Waals surface area contributed by atoms with Crippen molar-refractivity contribution in [1.82, 2.24) is 4.98 Å². The number of nitrogens with one attached hydrogen (secondary N) is 1. The van der Waals surface area contributed by atoms with Gasteiger partial charge in [0.25, 0.3) is 0 Å². The van der Waals surface area contributed by atoms with Gasteiger partial charge >= 0.3 is 0 Å². The zero-order valence-corrected chi connectivity index (χ0v) is 26.6. The van der Waals surface area contributed by atoms with Crippen LogP contribution in [0, 0.1) is 0 Å². The highest BCUT2D eigenvalue weighted by molar-refractivity contribution is 6.36. The maximum absolute atomic E-state index is 7.03. The Morgan fingerprint density at radius 1 is 0.595 bits per heavy atom. The van der Waals surface area contributed by atoms with Crippen molar-refractivity contribution in [1.29, 1.82) is 0 Å². The van der Waals surface area contributed by atoms with Crippen LogP contribution in [0.5, 0.6) is 0 Å². The van der Waals surface area contributed by atoms with E-state index in [-0.39, 0.29) is 10.8 Å². The minimum absolute atomic E-state index is 0.0181. The number of fused-ring (bicyclic) bond motifs is 6. The van der Waals surface area contributed by atoms with Gasteiger partial charge < -0.3 is 4.98 Å². The Bertz CT molecular complexity index is 2050. The van der Waals surface area contributed by atoms with Crippen molar-refractivity contribution in [3.8, 4) is 33.4 Å². The Hall–Kier alpha value is -3.52. The summed E-state index contributed by atoms with van der Waals surface area (Å²) in [5.41, 5.74) is 14.6. The van der Waals surface area contributed by atoms with Crippen molar-refractivity contribution in [2.24, 2.45) is 0 Å². The number of aromatic nitrogens is 1. The molecule has 7 rings (SSSR count). The van der Waals surface area contributed by atoms with Crippen LogP contribution in [0.2, 0.25) is 10.0 Å². The highest BCUT2D eigenvalue weighted by Crippen LogP contribution is 2.55. The summed E-state index contributed by atoms with van der Waals surface area (Å²) in [5, 5.41) is 3.94. The van der Waals surface area contributed by atoms with E-state index in [1.54, 1.807) is 0 Å². The minimum Gasteiger partial charge on any atom is -0.354 e. The lowest BCUT2D eigenvalue weighted by Crippen LogP contribution is -2.11. The molecule has 42 heavy (non-hydrogen) atoms. The zero-order valence-electron chi connectivity index (χ0n) is 25.0. The lowest BCUT2D eigenvalue weighted by Gasteiger charge is -2.22. The summed E-state index contributed by atoms with van der Waals surface area (Å²) in [6.07, 6.45) is 0.842. The normalized spacial score (nSPS) is 13.1. The molecular weight excluding hydrogens is 553 g/mol. The topological polar surface area (TPSA) is 15.8 Å². The van der Waals surface area contributed by atoms with Crippen LogP contribution >= 0.6 is 23.2 Å². The molecule has 210 valence electrons. The number of halogens is 2. The third-order valence-electron chi connectivity index (χ3n) is 8.92. The van der Waals surface area contributed by atoms with Crippen LogP contribution in [0.15, 0.2) is 84.9 Å². The van der Waals surface area contributed by atoms with Crippen molar-refractivity contribution in [3.05, 3.63) is 117 Å². The molecule has 1 N–H and O–H groups in total. The van der Waals surface area contributed by atoms with Crippen molar-refractivity contribution >= 4 is 45.0 Å². The number of hydrogen-bond acceptors (Lipinski definition) is 0. The van der Waals surface area contributed by atoms with Crippen molar-refractivity contribution < 1.29 is 0 Å². The maximum atomic E-state index is 7.03. The zero-order chi connectivity index (χ0) is 29.6.